The molecule has 0 fully saturated rings. The predicted molar refractivity (Wildman–Crippen MR) is 145 cm³/mol. The molecule has 0 spiro atoms. The molecule has 3 N–H and O–H groups in total. The van der Waals surface area contributed by atoms with E-state index in [2.05, 4.69) is 0 Å². The Morgan fingerprint density at radius 2 is 1.37 bits per heavy atom. The number of hydrogen-bond acceptors (Lipinski definition) is 8. The van der Waals surface area contributed by atoms with E-state index in [1.165, 1.54) is 6.26 Å². The fourth-order valence-electron chi connectivity index (χ4n) is 3.03. The van der Waals surface area contributed by atoms with Crippen molar-refractivity contribution in [1.29, 1.82) is 5.41 Å². The van der Waals surface area contributed by atoms with Gasteiger partial charge in [0.2, 0.25) is 0 Å². The number of nitrogens with two attached hydrogens (primary N) is 1. The van der Waals surface area contributed by atoms with Crippen LogP contribution in [0.25, 0.3) is 0 Å². The first-order chi connectivity index (χ1) is 15.7. The molecule has 0 aromatic heterocycles. The summed E-state index contributed by atoms with van der Waals surface area (Å²) in [5, 5.41) is 7.75. The molecular formula is C25H40N2O6S2. The van der Waals surface area contributed by atoms with Crippen molar-refractivity contribution in [3.63, 3.8) is 0 Å². The van der Waals surface area contributed by atoms with Gasteiger partial charge in [-0.15, -0.1) is 0 Å². The molecule has 10 heteroatoms. The number of benzene rings is 2. The van der Waals surface area contributed by atoms with Gasteiger partial charge < -0.3 is 20.6 Å². The average molecular weight is 529 g/mol. The van der Waals surface area contributed by atoms with Crippen LogP contribution in [0.15, 0.2) is 36.4 Å². The van der Waals surface area contributed by atoms with Crippen LogP contribution in [-0.4, -0.2) is 59.8 Å². The second-order valence-corrected chi connectivity index (χ2v) is 12.4. The van der Waals surface area contributed by atoms with Crippen LogP contribution in [0, 0.1) is 19.3 Å². The van der Waals surface area contributed by atoms with Gasteiger partial charge in [-0.05, 0) is 62.1 Å². The van der Waals surface area contributed by atoms with Gasteiger partial charge in [0.1, 0.15) is 21.3 Å². The highest BCUT2D eigenvalue weighted by Crippen LogP contribution is 2.23. The van der Waals surface area contributed by atoms with Crippen molar-refractivity contribution in [3.8, 4) is 11.5 Å². The highest BCUT2D eigenvalue weighted by molar-refractivity contribution is 7.91. The van der Waals surface area contributed by atoms with Crippen molar-refractivity contribution in [2.75, 3.05) is 37.2 Å². The smallest absolute Gasteiger partial charge is 0.153 e. The average Bonchev–Trinajstić information content (AvgIpc) is 2.69. The summed E-state index contributed by atoms with van der Waals surface area (Å²) >= 11 is 0. The molecular weight excluding hydrogens is 488 g/mol. The molecule has 2 aromatic carbocycles. The molecule has 8 nitrogen and oxygen atoms in total. The van der Waals surface area contributed by atoms with Crippen LogP contribution < -0.4 is 15.2 Å². The van der Waals surface area contributed by atoms with E-state index in [0.29, 0.717) is 24.5 Å². The standard InChI is InChI=1S/C12H19NO3S.C12H17NO3S.CH4/c2*1-4-16-12-7-10(6-5-9(12)2)11(13)8-17(3,14)15;/h5-7,11H,4,8,13H2,1-3H3;5-7,13H,4,8H2,1-3H3;1H4. The van der Waals surface area contributed by atoms with Crippen LogP contribution in [0.2, 0.25) is 0 Å². The lowest BCUT2D eigenvalue weighted by Gasteiger charge is -2.14. The van der Waals surface area contributed by atoms with Gasteiger partial charge in [-0.2, -0.15) is 0 Å². The summed E-state index contributed by atoms with van der Waals surface area (Å²) in [5.41, 5.74) is 9.31. The lowest BCUT2D eigenvalue weighted by Crippen LogP contribution is -2.20. The summed E-state index contributed by atoms with van der Waals surface area (Å²) in [6.45, 7) is 8.76. The highest BCUT2D eigenvalue weighted by Gasteiger charge is 2.14. The first-order valence-corrected chi connectivity index (χ1v) is 14.9. The summed E-state index contributed by atoms with van der Waals surface area (Å²) in [6.07, 6.45) is 2.31. The van der Waals surface area contributed by atoms with Gasteiger partial charge >= 0.3 is 0 Å². The third-order valence-corrected chi connectivity index (χ3v) is 6.44. The topological polar surface area (TPSA) is 137 Å². The van der Waals surface area contributed by atoms with Gasteiger partial charge in [0.25, 0.3) is 0 Å². The second-order valence-electron chi connectivity index (χ2n) is 8.12. The summed E-state index contributed by atoms with van der Waals surface area (Å²) in [5.74, 6) is 1.15. The van der Waals surface area contributed by atoms with Crippen molar-refractivity contribution in [2.45, 2.75) is 41.2 Å². The van der Waals surface area contributed by atoms with Crippen molar-refractivity contribution < 1.29 is 26.3 Å². The van der Waals surface area contributed by atoms with Crippen molar-refractivity contribution in [2.24, 2.45) is 5.73 Å². The molecule has 1 atom stereocenters. The quantitative estimate of drug-likeness (QED) is 0.447. The molecule has 2 aromatic rings. The van der Waals surface area contributed by atoms with Crippen LogP contribution >= 0.6 is 0 Å². The number of ether oxygens (including phenoxy) is 2. The molecule has 0 bridgehead atoms. The zero-order valence-corrected chi connectivity index (χ0v) is 22.3. The Morgan fingerprint density at radius 1 is 0.886 bits per heavy atom. The maximum Gasteiger partial charge on any atom is 0.153 e. The van der Waals surface area contributed by atoms with Crippen LogP contribution in [-0.2, 0) is 19.7 Å². The van der Waals surface area contributed by atoms with Crippen LogP contribution in [0.4, 0.5) is 0 Å². The number of nitrogens with one attached hydrogen (secondary N) is 1. The second kappa shape index (κ2) is 14.2. The zero-order chi connectivity index (χ0) is 26.1. The van der Waals surface area contributed by atoms with E-state index >= 15 is 0 Å². The lowest BCUT2D eigenvalue weighted by molar-refractivity contribution is 0.337. The summed E-state index contributed by atoms with van der Waals surface area (Å²) < 4.78 is 55.5. The molecule has 0 aliphatic carbocycles. The molecule has 0 saturated carbocycles. The Hall–Kier alpha value is -2.43. The maximum absolute atomic E-state index is 11.2. The Morgan fingerprint density at radius 3 is 1.83 bits per heavy atom. The Balaban J connectivity index is 0.000000642. The predicted octanol–water partition coefficient (Wildman–Crippen LogP) is 3.88. The van der Waals surface area contributed by atoms with Crippen molar-refractivity contribution in [1.82, 2.24) is 0 Å². The number of hydrogen-bond donors (Lipinski definition) is 2. The van der Waals surface area contributed by atoms with Gasteiger partial charge in [0.15, 0.2) is 9.84 Å². The monoisotopic (exact) mass is 528 g/mol. The first kappa shape index (κ1) is 32.6. The minimum atomic E-state index is -3.17. The minimum Gasteiger partial charge on any atom is -0.494 e. The first-order valence-electron chi connectivity index (χ1n) is 10.8. The Labute approximate surface area is 211 Å². The van der Waals surface area contributed by atoms with E-state index in [4.69, 9.17) is 20.6 Å². The van der Waals surface area contributed by atoms with Crippen LogP contribution in [0.5, 0.6) is 11.5 Å². The van der Waals surface area contributed by atoms with E-state index in [9.17, 15) is 16.8 Å². The number of rotatable bonds is 10. The molecule has 2 rings (SSSR count). The molecule has 0 radical (unpaired) electrons. The molecule has 0 amide bonds. The van der Waals surface area contributed by atoms with E-state index in [1.807, 2.05) is 52.0 Å². The van der Waals surface area contributed by atoms with Gasteiger partial charge in [-0.1, -0.05) is 31.7 Å². The molecule has 35 heavy (non-hydrogen) atoms. The van der Waals surface area contributed by atoms with Gasteiger partial charge in [-0.25, -0.2) is 16.8 Å². The van der Waals surface area contributed by atoms with Crippen LogP contribution in [0.3, 0.4) is 0 Å². The van der Waals surface area contributed by atoms with Gasteiger partial charge in [0, 0.05) is 18.6 Å². The van der Waals surface area contributed by atoms with E-state index < -0.39 is 25.7 Å². The minimum absolute atomic E-state index is 0. The van der Waals surface area contributed by atoms with Gasteiger partial charge in [-0.3, -0.25) is 0 Å². The van der Waals surface area contributed by atoms with Gasteiger partial charge in [0.05, 0.1) is 30.4 Å². The number of sulfone groups is 2. The Bertz CT molecular complexity index is 1190. The molecule has 0 heterocycles. The lowest BCUT2D eigenvalue weighted by atomic mass is 10.1. The van der Waals surface area contributed by atoms with Crippen molar-refractivity contribution >= 4 is 25.4 Å². The zero-order valence-electron chi connectivity index (χ0n) is 20.7. The number of aryl methyl sites for hydroxylation is 2. The van der Waals surface area contributed by atoms with Crippen molar-refractivity contribution in [3.05, 3.63) is 58.7 Å². The highest BCUT2D eigenvalue weighted by atomic mass is 32.2. The Kier molecular flexibility index (Phi) is 13.2. The molecule has 0 aliphatic rings. The fraction of sp³-hybridized carbons (Fsp3) is 0.480. The summed E-state index contributed by atoms with van der Waals surface area (Å²) in [6, 6.07) is 10.3. The molecule has 0 saturated heterocycles. The van der Waals surface area contributed by atoms with E-state index in [0.717, 1.165) is 28.7 Å². The normalized spacial score (nSPS) is 12.0. The summed E-state index contributed by atoms with van der Waals surface area (Å²) in [4.78, 5) is 0. The molecule has 1 unspecified atom stereocenters. The third-order valence-electron chi connectivity index (χ3n) is 4.67. The van der Waals surface area contributed by atoms with Crippen LogP contribution in [0.1, 0.15) is 49.6 Å². The molecule has 198 valence electrons. The molecule has 0 aliphatic heterocycles. The van der Waals surface area contributed by atoms with E-state index in [-0.39, 0.29) is 24.6 Å². The summed E-state index contributed by atoms with van der Waals surface area (Å²) in [7, 11) is -6.24. The largest absolute Gasteiger partial charge is 0.494 e. The SMILES string of the molecule is C.CCOc1cc(C(=N)CS(C)(=O)=O)ccc1C.CCOc1cc(C(N)CS(C)(=O)=O)ccc1C. The van der Waals surface area contributed by atoms with E-state index in [1.54, 1.807) is 12.1 Å². The third kappa shape index (κ3) is 12.2. The fourth-order valence-corrected chi connectivity index (χ4v) is 4.56. The maximum atomic E-state index is 11.2.